The molecule has 1 aliphatic rings. The van der Waals surface area contributed by atoms with Crippen LogP contribution in [0.3, 0.4) is 0 Å². The van der Waals surface area contributed by atoms with Gasteiger partial charge in [0.05, 0.1) is 22.4 Å². The van der Waals surface area contributed by atoms with Crippen molar-refractivity contribution in [2.24, 2.45) is 0 Å². The normalized spacial score (nSPS) is 12.7. The van der Waals surface area contributed by atoms with Crippen LogP contribution in [0.4, 0.5) is 11.8 Å². The Kier molecular flexibility index (Phi) is 5.14. The molecule has 1 aliphatic heterocycles. The third-order valence-electron chi connectivity index (χ3n) is 6.44. The second-order valence-electron chi connectivity index (χ2n) is 8.82. The van der Waals surface area contributed by atoms with Crippen LogP contribution in [0.25, 0.3) is 27.8 Å². The molecule has 3 heterocycles. The second-order valence-corrected chi connectivity index (χ2v) is 8.82. The number of imidazole rings is 1. The molecule has 0 saturated carbocycles. The quantitative estimate of drug-likeness (QED) is 0.403. The molecule has 0 bridgehead atoms. The first-order valence-electron chi connectivity index (χ1n) is 11.8. The minimum Gasteiger partial charge on any atom is -0.310 e. The molecule has 1 N–H and O–H groups in total. The van der Waals surface area contributed by atoms with Crippen LogP contribution in [0.15, 0.2) is 78.9 Å². The summed E-state index contributed by atoms with van der Waals surface area (Å²) in [5, 5.41) is 7.65. The second kappa shape index (κ2) is 8.49. The number of carbonyl (C=O) groups excluding carboxylic acids is 2. The zero-order valence-corrected chi connectivity index (χ0v) is 20.0. The molecule has 5 aromatic rings. The summed E-state index contributed by atoms with van der Waals surface area (Å²) in [6.07, 6.45) is 0. The van der Waals surface area contributed by atoms with Crippen LogP contribution in [0.2, 0.25) is 0 Å². The lowest BCUT2D eigenvalue weighted by atomic mass is 10.1. The molecular formula is C28H24N6O2. The Balaban J connectivity index is 1.34. The molecule has 0 aliphatic carbocycles. The molecule has 0 unspecified atom stereocenters. The number of hydrogen-bond acceptors (Lipinski definition) is 4. The first-order valence-corrected chi connectivity index (χ1v) is 11.8. The number of para-hydroxylation sites is 2. The molecule has 6 rings (SSSR count). The summed E-state index contributed by atoms with van der Waals surface area (Å²) in [6, 6.07) is 25.0. The summed E-state index contributed by atoms with van der Waals surface area (Å²) in [7, 11) is 0. The third kappa shape index (κ3) is 3.54. The Hall–Kier alpha value is -4.72. The Bertz CT molecular complexity index is 1620. The highest BCUT2D eigenvalue weighted by Crippen LogP contribution is 2.34. The number of benzene rings is 3. The highest BCUT2D eigenvalue weighted by molar-refractivity contribution is 6.06. The van der Waals surface area contributed by atoms with E-state index in [2.05, 4.69) is 14.9 Å². The van der Waals surface area contributed by atoms with E-state index < -0.39 is 0 Å². The SMILES string of the molecule is CC(=O)Nc1c(-c2ccccc2)c(C)nn1-c1ccc(C(=O)N2CCn3c2nc2ccccc23)cc1. The van der Waals surface area contributed by atoms with Crippen molar-refractivity contribution in [1.29, 1.82) is 0 Å². The van der Waals surface area contributed by atoms with Crippen molar-refractivity contribution in [3.8, 4) is 16.8 Å². The first-order chi connectivity index (χ1) is 17.5. The van der Waals surface area contributed by atoms with Gasteiger partial charge < -0.3 is 9.88 Å². The molecule has 2 aromatic heterocycles. The van der Waals surface area contributed by atoms with E-state index in [4.69, 9.17) is 5.10 Å². The van der Waals surface area contributed by atoms with Gasteiger partial charge in [0.1, 0.15) is 5.82 Å². The highest BCUT2D eigenvalue weighted by Gasteiger charge is 2.29. The maximum atomic E-state index is 13.4. The van der Waals surface area contributed by atoms with Gasteiger partial charge in [-0.15, -0.1) is 0 Å². The molecule has 8 heteroatoms. The molecule has 0 fully saturated rings. The Labute approximate surface area is 207 Å². The van der Waals surface area contributed by atoms with Crippen molar-refractivity contribution >= 4 is 34.6 Å². The van der Waals surface area contributed by atoms with Gasteiger partial charge in [-0.2, -0.15) is 5.10 Å². The molecule has 8 nitrogen and oxygen atoms in total. The van der Waals surface area contributed by atoms with Crippen molar-refractivity contribution in [2.45, 2.75) is 20.4 Å². The fourth-order valence-electron chi connectivity index (χ4n) is 4.83. The summed E-state index contributed by atoms with van der Waals surface area (Å²) in [5.74, 6) is 0.989. The molecule has 2 amide bonds. The summed E-state index contributed by atoms with van der Waals surface area (Å²) < 4.78 is 3.79. The van der Waals surface area contributed by atoms with E-state index in [0.29, 0.717) is 30.4 Å². The minimum atomic E-state index is -0.183. The number of aromatic nitrogens is 4. The molecule has 0 atom stereocenters. The number of anilines is 2. The molecule has 178 valence electrons. The van der Waals surface area contributed by atoms with E-state index >= 15 is 0 Å². The number of nitrogens with one attached hydrogen (secondary N) is 1. The van der Waals surface area contributed by atoms with Crippen LogP contribution in [0.1, 0.15) is 23.0 Å². The predicted octanol–water partition coefficient (Wildman–Crippen LogP) is 4.82. The molecule has 0 spiro atoms. The van der Waals surface area contributed by atoms with E-state index in [0.717, 1.165) is 33.5 Å². The van der Waals surface area contributed by atoms with Crippen molar-refractivity contribution in [3.63, 3.8) is 0 Å². The van der Waals surface area contributed by atoms with E-state index in [-0.39, 0.29) is 11.8 Å². The minimum absolute atomic E-state index is 0.0979. The number of amides is 2. The topological polar surface area (TPSA) is 85.0 Å². The van der Waals surface area contributed by atoms with Gasteiger partial charge >= 0.3 is 0 Å². The molecule has 3 aromatic carbocycles. The lowest BCUT2D eigenvalue weighted by Gasteiger charge is -2.15. The number of aryl methyl sites for hydroxylation is 1. The average molecular weight is 477 g/mol. The third-order valence-corrected chi connectivity index (χ3v) is 6.44. The zero-order valence-electron chi connectivity index (χ0n) is 20.0. The van der Waals surface area contributed by atoms with Crippen molar-refractivity contribution in [2.75, 3.05) is 16.8 Å². The Morgan fingerprint density at radius 2 is 1.61 bits per heavy atom. The van der Waals surface area contributed by atoms with Gasteiger partial charge in [0, 0.05) is 31.1 Å². The van der Waals surface area contributed by atoms with E-state index in [1.165, 1.54) is 6.92 Å². The number of rotatable bonds is 4. The summed E-state index contributed by atoms with van der Waals surface area (Å²) in [5.41, 5.74) is 5.85. The lowest BCUT2D eigenvalue weighted by Crippen LogP contribution is -2.29. The fourth-order valence-corrected chi connectivity index (χ4v) is 4.83. The number of fused-ring (bicyclic) bond motifs is 3. The monoisotopic (exact) mass is 476 g/mol. The molecule has 0 radical (unpaired) electrons. The molecule has 36 heavy (non-hydrogen) atoms. The van der Waals surface area contributed by atoms with Crippen LogP contribution in [-0.4, -0.2) is 37.7 Å². The van der Waals surface area contributed by atoms with Gasteiger partial charge in [0.15, 0.2) is 0 Å². The first kappa shape index (κ1) is 21.8. The smallest absolute Gasteiger partial charge is 0.260 e. The standard InChI is InChI=1S/C28H24N6O2/c1-18-25(20-8-4-3-5-9-20)26(29-19(2)35)34(31-18)22-14-12-21(13-15-22)27(36)33-17-16-32-24-11-7-6-10-23(24)30-28(32)33/h3-15H,16-17H2,1-2H3,(H,29,35). The van der Waals surface area contributed by atoms with E-state index in [1.807, 2.05) is 73.7 Å². The maximum absolute atomic E-state index is 13.4. The Morgan fingerprint density at radius 3 is 2.36 bits per heavy atom. The van der Waals surface area contributed by atoms with Gasteiger partial charge in [-0.05, 0) is 48.9 Å². The van der Waals surface area contributed by atoms with Crippen LogP contribution < -0.4 is 10.2 Å². The molecule has 0 saturated heterocycles. The lowest BCUT2D eigenvalue weighted by molar-refractivity contribution is -0.114. The maximum Gasteiger partial charge on any atom is 0.260 e. The van der Waals surface area contributed by atoms with Crippen molar-refractivity contribution < 1.29 is 9.59 Å². The number of nitrogens with zero attached hydrogens (tertiary/aromatic N) is 5. The fraction of sp³-hybridized carbons (Fsp3) is 0.143. The van der Waals surface area contributed by atoms with Crippen LogP contribution in [0, 0.1) is 6.92 Å². The summed E-state index contributed by atoms with van der Waals surface area (Å²) >= 11 is 0. The van der Waals surface area contributed by atoms with Gasteiger partial charge in [-0.1, -0.05) is 42.5 Å². The average Bonchev–Trinajstić information content (AvgIpc) is 3.56. The van der Waals surface area contributed by atoms with Crippen LogP contribution >= 0.6 is 0 Å². The van der Waals surface area contributed by atoms with Gasteiger partial charge in [0.2, 0.25) is 11.9 Å². The van der Waals surface area contributed by atoms with Gasteiger partial charge in [-0.3, -0.25) is 14.5 Å². The Morgan fingerprint density at radius 1 is 0.889 bits per heavy atom. The van der Waals surface area contributed by atoms with Crippen molar-refractivity contribution in [3.05, 3.63) is 90.1 Å². The van der Waals surface area contributed by atoms with Crippen LogP contribution in [-0.2, 0) is 11.3 Å². The highest BCUT2D eigenvalue weighted by atomic mass is 16.2. The predicted molar refractivity (Wildman–Crippen MR) is 139 cm³/mol. The zero-order chi connectivity index (χ0) is 24.8. The summed E-state index contributed by atoms with van der Waals surface area (Å²) in [6.45, 7) is 4.70. The van der Waals surface area contributed by atoms with Crippen molar-refractivity contribution in [1.82, 2.24) is 19.3 Å². The van der Waals surface area contributed by atoms with Gasteiger partial charge in [-0.25, -0.2) is 9.67 Å². The van der Waals surface area contributed by atoms with E-state index in [9.17, 15) is 9.59 Å². The van der Waals surface area contributed by atoms with E-state index in [1.54, 1.807) is 21.7 Å². The number of carbonyl (C=O) groups is 2. The number of hydrogen-bond donors (Lipinski definition) is 1. The van der Waals surface area contributed by atoms with Gasteiger partial charge in [0.25, 0.3) is 5.91 Å². The summed E-state index contributed by atoms with van der Waals surface area (Å²) in [4.78, 5) is 31.8. The molecular weight excluding hydrogens is 452 g/mol. The largest absolute Gasteiger partial charge is 0.310 e. The van der Waals surface area contributed by atoms with Crippen LogP contribution in [0.5, 0.6) is 0 Å².